The molecular weight excluding hydrogens is 384 g/mol. The van der Waals surface area contributed by atoms with Crippen LogP contribution in [0.5, 0.6) is 11.8 Å². The Morgan fingerprint density at radius 1 is 1.03 bits per heavy atom. The third kappa shape index (κ3) is 5.61. The minimum Gasteiger partial charge on any atom is -0.424 e. The maximum atomic E-state index is 9.52. The summed E-state index contributed by atoms with van der Waals surface area (Å²) in [5.74, 6) is 0.735. The second-order valence-electron chi connectivity index (χ2n) is 7.23. The van der Waals surface area contributed by atoms with E-state index >= 15 is 0 Å². The minimum atomic E-state index is 0.229. The number of ether oxygens (including phenoxy) is 1. The highest BCUT2D eigenvalue weighted by Crippen LogP contribution is 2.22. The fourth-order valence-corrected chi connectivity index (χ4v) is 4.43. The smallest absolute Gasteiger partial charge is 0.321 e. The average Bonchev–Trinajstić information content (AvgIpc) is 3.26. The summed E-state index contributed by atoms with van der Waals surface area (Å²) in [5.41, 5.74) is 1.25. The van der Waals surface area contributed by atoms with E-state index in [9.17, 15) is 5.11 Å². The molecule has 1 unspecified atom stereocenters. The first-order valence-corrected chi connectivity index (χ1v) is 10.8. The average molecular weight is 411 g/mol. The van der Waals surface area contributed by atoms with Crippen molar-refractivity contribution >= 4 is 11.3 Å². The van der Waals surface area contributed by atoms with Crippen molar-refractivity contribution in [2.75, 3.05) is 26.2 Å². The maximum absolute atomic E-state index is 9.52. The van der Waals surface area contributed by atoms with Gasteiger partial charge in [0.25, 0.3) is 0 Å². The second kappa shape index (κ2) is 9.93. The molecule has 1 fully saturated rings. The standard InChI is InChI=1S/C22H26N4O2S/c27-13-8-19-16-25(11-12-26(19)17-21-3-1-14-29-21)15-18-4-6-20(7-5-18)28-22-23-9-2-10-24-22/h1-7,9-10,14,19,27H,8,11-13,15-17H2. The highest BCUT2D eigenvalue weighted by Gasteiger charge is 2.26. The molecule has 0 spiro atoms. The summed E-state index contributed by atoms with van der Waals surface area (Å²) < 4.78 is 5.67. The fourth-order valence-electron chi connectivity index (χ4n) is 3.70. The zero-order valence-electron chi connectivity index (χ0n) is 16.4. The monoisotopic (exact) mass is 410 g/mol. The first kappa shape index (κ1) is 20.0. The number of benzene rings is 1. The van der Waals surface area contributed by atoms with E-state index in [1.54, 1.807) is 29.8 Å². The van der Waals surface area contributed by atoms with Crippen molar-refractivity contribution in [2.24, 2.45) is 0 Å². The molecule has 0 saturated carbocycles. The number of rotatable bonds is 8. The van der Waals surface area contributed by atoms with E-state index in [2.05, 4.69) is 49.4 Å². The lowest BCUT2D eigenvalue weighted by molar-refractivity contribution is 0.0506. The Balaban J connectivity index is 1.33. The Hall–Kier alpha value is -2.32. The van der Waals surface area contributed by atoms with Crippen LogP contribution in [-0.4, -0.2) is 57.2 Å². The zero-order valence-corrected chi connectivity index (χ0v) is 17.2. The van der Waals surface area contributed by atoms with Crippen molar-refractivity contribution in [3.8, 4) is 11.8 Å². The van der Waals surface area contributed by atoms with E-state index in [-0.39, 0.29) is 6.61 Å². The Morgan fingerprint density at radius 3 is 2.59 bits per heavy atom. The molecule has 1 atom stereocenters. The number of aromatic nitrogens is 2. The lowest BCUT2D eigenvalue weighted by Gasteiger charge is -2.41. The molecule has 3 heterocycles. The molecular formula is C22H26N4O2S. The molecule has 29 heavy (non-hydrogen) atoms. The third-order valence-electron chi connectivity index (χ3n) is 5.17. The van der Waals surface area contributed by atoms with Gasteiger partial charge in [-0.05, 0) is 41.6 Å². The normalized spacial score (nSPS) is 18.0. The van der Waals surface area contributed by atoms with Gasteiger partial charge in [0.1, 0.15) is 5.75 Å². The van der Waals surface area contributed by atoms with Gasteiger partial charge >= 0.3 is 6.01 Å². The Kier molecular flexibility index (Phi) is 6.84. The SMILES string of the molecule is OCCC1CN(Cc2ccc(Oc3ncccn3)cc2)CCN1Cc1cccs1. The topological polar surface area (TPSA) is 61.7 Å². The number of hydrogen-bond donors (Lipinski definition) is 1. The summed E-state index contributed by atoms with van der Waals surface area (Å²) in [4.78, 5) is 14.5. The summed E-state index contributed by atoms with van der Waals surface area (Å²) in [6.07, 6.45) is 4.14. The Bertz CT molecular complexity index is 858. The molecule has 1 aliphatic heterocycles. The Morgan fingerprint density at radius 2 is 1.86 bits per heavy atom. The van der Waals surface area contributed by atoms with Crippen molar-refractivity contribution in [1.82, 2.24) is 19.8 Å². The van der Waals surface area contributed by atoms with E-state index in [0.29, 0.717) is 12.1 Å². The minimum absolute atomic E-state index is 0.229. The van der Waals surface area contributed by atoms with Crippen LogP contribution in [0.3, 0.4) is 0 Å². The molecule has 4 rings (SSSR count). The summed E-state index contributed by atoms with van der Waals surface area (Å²) in [6.45, 7) is 5.13. The molecule has 0 aliphatic carbocycles. The van der Waals surface area contributed by atoms with Crippen molar-refractivity contribution < 1.29 is 9.84 Å². The molecule has 0 bridgehead atoms. The molecule has 1 aromatic carbocycles. The Labute approximate surface area is 175 Å². The van der Waals surface area contributed by atoms with E-state index in [1.165, 1.54) is 10.4 Å². The largest absolute Gasteiger partial charge is 0.424 e. The molecule has 1 N–H and O–H groups in total. The van der Waals surface area contributed by atoms with Gasteiger partial charge in [0.2, 0.25) is 0 Å². The van der Waals surface area contributed by atoms with E-state index in [0.717, 1.165) is 44.9 Å². The molecule has 1 aliphatic rings. The number of aliphatic hydroxyl groups is 1. The van der Waals surface area contributed by atoms with Gasteiger partial charge in [0.15, 0.2) is 0 Å². The third-order valence-corrected chi connectivity index (χ3v) is 6.03. The number of hydrogen-bond acceptors (Lipinski definition) is 7. The molecule has 1 saturated heterocycles. The zero-order chi connectivity index (χ0) is 19.9. The summed E-state index contributed by atoms with van der Waals surface area (Å²) >= 11 is 1.80. The van der Waals surface area contributed by atoms with E-state index in [4.69, 9.17) is 4.74 Å². The number of nitrogens with zero attached hydrogens (tertiary/aromatic N) is 4. The van der Waals surface area contributed by atoms with Crippen LogP contribution in [0.15, 0.2) is 60.2 Å². The highest BCUT2D eigenvalue weighted by molar-refractivity contribution is 7.09. The van der Waals surface area contributed by atoms with Gasteiger partial charge in [-0.3, -0.25) is 9.80 Å². The molecule has 2 aromatic heterocycles. The molecule has 0 amide bonds. The van der Waals surface area contributed by atoms with Crippen LogP contribution >= 0.6 is 11.3 Å². The van der Waals surface area contributed by atoms with Gasteiger partial charge in [-0.25, -0.2) is 9.97 Å². The van der Waals surface area contributed by atoms with Gasteiger partial charge in [0, 0.05) is 62.6 Å². The van der Waals surface area contributed by atoms with Crippen LogP contribution < -0.4 is 4.74 Å². The molecule has 152 valence electrons. The van der Waals surface area contributed by atoms with Gasteiger partial charge in [-0.15, -0.1) is 11.3 Å². The molecule has 7 heteroatoms. The van der Waals surface area contributed by atoms with Gasteiger partial charge in [0.05, 0.1) is 0 Å². The highest BCUT2D eigenvalue weighted by atomic mass is 32.1. The predicted octanol–water partition coefficient (Wildman–Crippen LogP) is 3.40. The number of piperazine rings is 1. The summed E-state index contributed by atoms with van der Waals surface area (Å²) in [6, 6.07) is 14.9. The molecule has 3 aromatic rings. The van der Waals surface area contributed by atoms with E-state index in [1.807, 2.05) is 12.1 Å². The van der Waals surface area contributed by atoms with Gasteiger partial charge in [-0.2, -0.15) is 0 Å². The van der Waals surface area contributed by atoms with Crippen LogP contribution in [0.1, 0.15) is 16.9 Å². The number of aliphatic hydroxyl groups excluding tert-OH is 1. The van der Waals surface area contributed by atoms with Crippen molar-refractivity contribution in [1.29, 1.82) is 0 Å². The second-order valence-corrected chi connectivity index (χ2v) is 8.26. The number of thiophene rings is 1. The first-order chi connectivity index (χ1) is 14.3. The van der Waals surface area contributed by atoms with E-state index < -0.39 is 0 Å². The van der Waals surface area contributed by atoms with Crippen molar-refractivity contribution in [3.05, 3.63) is 70.7 Å². The van der Waals surface area contributed by atoms with Gasteiger partial charge < -0.3 is 9.84 Å². The van der Waals surface area contributed by atoms with Crippen LogP contribution in [0, 0.1) is 0 Å². The predicted molar refractivity (Wildman–Crippen MR) is 114 cm³/mol. The summed E-state index contributed by atoms with van der Waals surface area (Å²) in [5, 5.41) is 11.7. The molecule has 6 nitrogen and oxygen atoms in total. The van der Waals surface area contributed by atoms with Crippen LogP contribution in [0.25, 0.3) is 0 Å². The molecule has 0 radical (unpaired) electrons. The van der Waals surface area contributed by atoms with Crippen LogP contribution in [0.4, 0.5) is 0 Å². The van der Waals surface area contributed by atoms with Crippen molar-refractivity contribution in [3.63, 3.8) is 0 Å². The summed E-state index contributed by atoms with van der Waals surface area (Å²) in [7, 11) is 0. The first-order valence-electron chi connectivity index (χ1n) is 9.93. The quantitative estimate of drug-likeness (QED) is 0.614. The van der Waals surface area contributed by atoms with Crippen LogP contribution in [0.2, 0.25) is 0 Å². The lowest BCUT2D eigenvalue weighted by atomic mass is 10.1. The maximum Gasteiger partial charge on any atom is 0.321 e. The van der Waals surface area contributed by atoms with Gasteiger partial charge in [-0.1, -0.05) is 18.2 Å². The van der Waals surface area contributed by atoms with Crippen molar-refractivity contribution in [2.45, 2.75) is 25.6 Å². The lowest BCUT2D eigenvalue weighted by Crippen LogP contribution is -2.52. The fraction of sp³-hybridized carbons (Fsp3) is 0.364. The van der Waals surface area contributed by atoms with Crippen LogP contribution in [-0.2, 0) is 13.1 Å².